The van der Waals surface area contributed by atoms with Gasteiger partial charge in [0.15, 0.2) is 24.4 Å². The summed E-state index contributed by atoms with van der Waals surface area (Å²) in [6, 6.07) is 35.1. The second-order valence-corrected chi connectivity index (χ2v) is 12.2. The lowest BCUT2D eigenvalue weighted by molar-refractivity contribution is -0.219. The Bertz CT molecular complexity index is 1540. The first-order valence-corrected chi connectivity index (χ1v) is 15.3. The van der Waals surface area contributed by atoms with Crippen molar-refractivity contribution in [3.63, 3.8) is 0 Å². The predicted octanol–water partition coefficient (Wildman–Crippen LogP) is 5.45. The minimum absolute atomic E-state index is 0.00517. The average molecular weight is 613 g/mol. The SMILES string of the molecule is O=C(N[C@H]1C(=O)N2[C@@H]1OC[C@@](CCl)(Sc1ccccc1)[C@@H]2C(=O)OC(c1ccccc1)c1ccccc1)c1ccccc1. The summed E-state index contributed by atoms with van der Waals surface area (Å²) < 4.78 is 11.4. The Morgan fingerprint density at radius 1 is 0.884 bits per heavy atom. The zero-order chi connectivity index (χ0) is 29.8. The Balaban J connectivity index is 1.33. The number of ether oxygens (including phenoxy) is 2. The molecule has 7 nitrogen and oxygen atoms in total. The van der Waals surface area contributed by atoms with Gasteiger partial charge in [-0.3, -0.25) is 14.5 Å². The number of halogens is 1. The lowest BCUT2D eigenvalue weighted by Gasteiger charge is -2.57. The van der Waals surface area contributed by atoms with E-state index in [1.165, 1.54) is 16.7 Å². The monoisotopic (exact) mass is 612 g/mol. The number of hydrogen-bond acceptors (Lipinski definition) is 6. The van der Waals surface area contributed by atoms with Crippen LogP contribution in [0.4, 0.5) is 0 Å². The fourth-order valence-electron chi connectivity index (χ4n) is 5.48. The number of fused-ring (bicyclic) bond motifs is 1. The van der Waals surface area contributed by atoms with Crippen molar-refractivity contribution in [2.24, 2.45) is 0 Å². The maximum absolute atomic E-state index is 14.4. The highest BCUT2D eigenvalue weighted by molar-refractivity contribution is 8.01. The average Bonchev–Trinajstić information content (AvgIpc) is 3.07. The summed E-state index contributed by atoms with van der Waals surface area (Å²) in [4.78, 5) is 43.3. The van der Waals surface area contributed by atoms with Crippen molar-refractivity contribution in [1.29, 1.82) is 0 Å². The highest BCUT2D eigenvalue weighted by atomic mass is 35.5. The second kappa shape index (κ2) is 12.6. The molecule has 4 aromatic carbocycles. The molecular formula is C34H29ClN2O5S. The van der Waals surface area contributed by atoms with Gasteiger partial charge in [-0.25, -0.2) is 4.79 Å². The Morgan fingerprint density at radius 2 is 1.42 bits per heavy atom. The van der Waals surface area contributed by atoms with E-state index in [1.54, 1.807) is 24.3 Å². The molecular weight excluding hydrogens is 584 g/mol. The summed E-state index contributed by atoms with van der Waals surface area (Å²) in [5.41, 5.74) is 2.00. The second-order valence-electron chi connectivity index (χ2n) is 10.4. The molecule has 2 aliphatic rings. The number of amides is 2. The van der Waals surface area contributed by atoms with E-state index in [0.717, 1.165) is 16.0 Å². The van der Waals surface area contributed by atoms with E-state index < -0.39 is 46.9 Å². The number of nitrogens with one attached hydrogen (secondary N) is 1. The van der Waals surface area contributed by atoms with Crippen LogP contribution in [0.5, 0.6) is 0 Å². The number of benzene rings is 4. The lowest BCUT2D eigenvalue weighted by atomic mass is 9.89. The first kappa shape index (κ1) is 29.0. The standard InChI is InChI=1S/C34H29ClN2O5S/c35-21-34(43-26-19-11-4-12-20-26)22-41-32-27(36-30(38)25-17-9-3-10-18-25)31(39)37(32)29(34)33(40)42-28(23-13-5-1-6-14-23)24-15-7-2-8-16-24/h1-20,27-29,32H,21-22H2,(H,36,38)/t27-,29-,32+,34+/m0/s1. The van der Waals surface area contributed by atoms with Gasteiger partial charge in [-0.15, -0.1) is 23.4 Å². The fraction of sp³-hybridized carbons (Fsp3) is 0.206. The smallest absolute Gasteiger partial charge is 0.331 e. The molecule has 0 unspecified atom stereocenters. The molecule has 2 aliphatic heterocycles. The molecule has 0 spiro atoms. The number of carbonyl (C=O) groups excluding carboxylic acids is 3. The van der Waals surface area contributed by atoms with Gasteiger partial charge < -0.3 is 14.8 Å². The molecule has 2 fully saturated rings. The number of β-lactam (4-membered cyclic amide) rings is 1. The Labute approximate surface area is 259 Å². The van der Waals surface area contributed by atoms with Crippen LogP contribution < -0.4 is 5.32 Å². The van der Waals surface area contributed by atoms with E-state index in [-0.39, 0.29) is 12.5 Å². The summed E-state index contributed by atoms with van der Waals surface area (Å²) in [5, 5.41) is 2.78. The van der Waals surface area contributed by atoms with Gasteiger partial charge >= 0.3 is 5.97 Å². The molecule has 2 amide bonds. The molecule has 2 saturated heterocycles. The van der Waals surface area contributed by atoms with Crippen LogP contribution >= 0.6 is 23.4 Å². The van der Waals surface area contributed by atoms with Crippen molar-refractivity contribution in [2.45, 2.75) is 34.1 Å². The van der Waals surface area contributed by atoms with Gasteiger partial charge in [0, 0.05) is 16.3 Å². The zero-order valence-electron chi connectivity index (χ0n) is 23.0. The van der Waals surface area contributed by atoms with Crippen molar-refractivity contribution < 1.29 is 23.9 Å². The number of thioether (sulfide) groups is 1. The summed E-state index contributed by atoms with van der Waals surface area (Å²) in [7, 11) is 0. The summed E-state index contributed by atoms with van der Waals surface area (Å²) in [5.74, 6) is -1.43. The maximum atomic E-state index is 14.4. The van der Waals surface area contributed by atoms with Crippen molar-refractivity contribution >= 4 is 41.1 Å². The molecule has 1 N–H and O–H groups in total. The van der Waals surface area contributed by atoms with Gasteiger partial charge in [-0.05, 0) is 35.4 Å². The molecule has 4 atom stereocenters. The largest absolute Gasteiger partial charge is 0.451 e. The van der Waals surface area contributed by atoms with Crippen LogP contribution in [-0.4, -0.2) is 58.2 Å². The third kappa shape index (κ3) is 5.78. The summed E-state index contributed by atoms with van der Waals surface area (Å²) in [6.07, 6.45) is -1.56. The molecule has 4 aromatic rings. The zero-order valence-corrected chi connectivity index (χ0v) is 24.6. The lowest BCUT2D eigenvalue weighted by Crippen LogP contribution is -2.81. The van der Waals surface area contributed by atoms with Crippen molar-refractivity contribution in [3.8, 4) is 0 Å². The minimum atomic E-state index is -1.08. The molecule has 9 heteroatoms. The van der Waals surface area contributed by atoms with Gasteiger partial charge in [-0.1, -0.05) is 97.1 Å². The number of rotatable bonds is 9. The number of hydrogen-bond donors (Lipinski definition) is 1. The van der Waals surface area contributed by atoms with Crippen LogP contribution in [0.2, 0.25) is 0 Å². The van der Waals surface area contributed by atoms with Crippen LogP contribution in [0.3, 0.4) is 0 Å². The van der Waals surface area contributed by atoms with Crippen LogP contribution in [0.15, 0.2) is 126 Å². The quantitative estimate of drug-likeness (QED) is 0.154. The van der Waals surface area contributed by atoms with Crippen LogP contribution in [0.1, 0.15) is 27.6 Å². The van der Waals surface area contributed by atoms with Gasteiger partial charge in [0.05, 0.1) is 11.4 Å². The third-order valence-electron chi connectivity index (χ3n) is 7.63. The molecule has 43 heavy (non-hydrogen) atoms. The molecule has 0 bridgehead atoms. The van der Waals surface area contributed by atoms with E-state index in [9.17, 15) is 14.4 Å². The van der Waals surface area contributed by atoms with Crippen LogP contribution in [0, 0.1) is 0 Å². The first-order valence-electron chi connectivity index (χ1n) is 13.9. The van der Waals surface area contributed by atoms with Gasteiger partial charge in [0.25, 0.3) is 11.8 Å². The number of nitrogens with zero attached hydrogens (tertiary/aromatic N) is 1. The van der Waals surface area contributed by atoms with Gasteiger partial charge in [0.1, 0.15) is 0 Å². The van der Waals surface area contributed by atoms with E-state index in [0.29, 0.717) is 5.56 Å². The third-order valence-corrected chi connectivity index (χ3v) is 9.66. The number of alkyl halides is 1. The van der Waals surface area contributed by atoms with Crippen LogP contribution in [-0.2, 0) is 19.1 Å². The van der Waals surface area contributed by atoms with Crippen LogP contribution in [0.25, 0.3) is 0 Å². The Morgan fingerprint density at radius 3 is 1.98 bits per heavy atom. The molecule has 6 rings (SSSR count). The highest BCUT2D eigenvalue weighted by Gasteiger charge is 2.64. The minimum Gasteiger partial charge on any atom is -0.451 e. The van der Waals surface area contributed by atoms with Gasteiger partial charge in [0.2, 0.25) is 0 Å². The molecule has 0 aromatic heterocycles. The first-order chi connectivity index (χ1) is 21.0. The fourth-order valence-corrected chi connectivity index (χ4v) is 7.14. The summed E-state index contributed by atoms with van der Waals surface area (Å²) >= 11 is 8.05. The number of esters is 1. The van der Waals surface area contributed by atoms with Crippen molar-refractivity contribution in [3.05, 3.63) is 138 Å². The Kier molecular flexibility index (Phi) is 8.51. The van der Waals surface area contributed by atoms with E-state index >= 15 is 0 Å². The number of carbonyl (C=O) groups is 3. The highest BCUT2D eigenvalue weighted by Crippen LogP contribution is 2.47. The predicted molar refractivity (Wildman–Crippen MR) is 165 cm³/mol. The molecule has 218 valence electrons. The molecule has 2 heterocycles. The van der Waals surface area contributed by atoms with Gasteiger partial charge in [-0.2, -0.15) is 0 Å². The Hall–Kier alpha value is -4.11. The maximum Gasteiger partial charge on any atom is 0.331 e. The molecule has 0 saturated carbocycles. The topological polar surface area (TPSA) is 84.9 Å². The van der Waals surface area contributed by atoms with E-state index in [1.807, 2.05) is 97.1 Å². The van der Waals surface area contributed by atoms with E-state index in [4.69, 9.17) is 21.1 Å². The van der Waals surface area contributed by atoms with E-state index in [2.05, 4.69) is 5.32 Å². The molecule has 0 aliphatic carbocycles. The molecule has 0 radical (unpaired) electrons. The van der Waals surface area contributed by atoms with Crippen molar-refractivity contribution in [2.75, 3.05) is 12.5 Å². The normalized spacial score (nSPS) is 22.8. The summed E-state index contributed by atoms with van der Waals surface area (Å²) in [6.45, 7) is 0.0589. The van der Waals surface area contributed by atoms with Crippen molar-refractivity contribution in [1.82, 2.24) is 10.2 Å².